The van der Waals surface area contributed by atoms with Gasteiger partial charge in [0.25, 0.3) is 11.3 Å². The quantitative estimate of drug-likeness (QED) is 0.643. The Morgan fingerprint density at radius 1 is 1.09 bits per heavy atom. The van der Waals surface area contributed by atoms with Gasteiger partial charge in [0.2, 0.25) is 5.91 Å². The maximum absolute atomic E-state index is 12.3. The van der Waals surface area contributed by atoms with Crippen molar-refractivity contribution in [3.8, 4) is 0 Å². The molecule has 1 N–H and O–H groups in total. The van der Waals surface area contributed by atoms with E-state index in [0.717, 1.165) is 38.8 Å². The van der Waals surface area contributed by atoms with E-state index in [1.807, 2.05) is 4.72 Å². The molecular formula is C25H27F3N2O3S. The van der Waals surface area contributed by atoms with E-state index >= 15 is 0 Å². The summed E-state index contributed by atoms with van der Waals surface area (Å²) in [6, 6.07) is 16.9. The van der Waals surface area contributed by atoms with Crippen molar-refractivity contribution >= 4 is 22.7 Å². The predicted molar refractivity (Wildman–Crippen MR) is 125 cm³/mol. The van der Waals surface area contributed by atoms with Gasteiger partial charge in [-0.25, -0.2) is 4.21 Å². The Hall–Kier alpha value is -2.49. The number of rotatable bonds is 6. The van der Waals surface area contributed by atoms with Crippen LogP contribution in [0, 0.1) is 5.92 Å². The Morgan fingerprint density at radius 3 is 2.32 bits per heavy atom. The van der Waals surface area contributed by atoms with Crippen molar-refractivity contribution in [2.45, 2.75) is 38.5 Å². The number of carbonyl (C=O) groups excluding carboxylic acids is 1. The minimum absolute atomic E-state index is 0.408. The lowest BCUT2D eigenvalue weighted by atomic mass is 9.93. The van der Waals surface area contributed by atoms with E-state index in [9.17, 15) is 22.2 Å². The molecule has 0 radical (unpaired) electrons. The van der Waals surface area contributed by atoms with Gasteiger partial charge in [-0.3, -0.25) is 9.52 Å². The molecule has 0 saturated carbocycles. The van der Waals surface area contributed by atoms with Gasteiger partial charge in [-0.05, 0) is 66.5 Å². The highest BCUT2D eigenvalue weighted by molar-refractivity contribution is 7.78. The Morgan fingerprint density at radius 2 is 1.71 bits per heavy atom. The zero-order chi connectivity index (χ0) is 24.1. The standard InChI is InChI=1S/C25H27F3N2O3S/c26-25(27,28)33-34(32)29-24(31)20-9-5-15-30(17-20)16-6-12-23-21-10-3-1-7-18(21)13-14-19-8-2-4-11-22(19)23/h1-4,7-8,10-12,20H,5-6,9,13-17H2,(H,29,31). The van der Waals surface area contributed by atoms with Gasteiger partial charge in [0.05, 0.1) is 5.92 Å². The topological polar surface area (TPSA) is 58.6 Å². The first-order chi connectivity index (χ1) is 16.3. The Balaban J connectivity index is 1.41. The first-order valence-electron chi connectivity index (χ1n) is 11.4. The second kappa shape index (κ2) is 10.8. The van der Waals surface area contributed by atoms with Crippen molar-refractivity contribution in [1.29, 1.82) is 0 Å². The minimum atomic E-state index is -5.07. The summed E-state index contributed by atoms with van der Waals surface area (Å²) in [5.41, 5.74) is 6.36. The van der Waals surface area contributed by atoms with Crippen molar-refractivity contribution in [3.63, 3.8) is 0 Å². The fraction of sp³-hybridized carbons (Fsp3) is 0.400. The number of alkyl halides is 3. The van der Waals surface area contributed by atoms with Gasteiger partial charge in [0, 0.05) is 13.1 Å². The van der Waals surface area contributed by atoms with Gasteiger partial charge in [-0.1, -0.05) is 54.6 Å². The molecular weight excluding hydrogens is 465 g/mol. The molecule has 0 aromatic heterocycles. The van der Waals surface area contributed by atoms with E-state index in [0.29, 0.717) is 13.0 Å². The summed E-state index contributed by atoms with van der Waals surface area (Å²) in [6.45, 7) is 1.94. The SMILES string of the molecule is O=C(NS(=O)OC(F)(F)F)C1CCCN(CCC=C2c3ccccc3CCc3ccccc32)C1. The summed E-state index contributed by atoms with van der Waals surface area (Å²) in [7, 11) is 0. The minimum Gasteiger partial charge on any atom is -0.302 e. The molecule has 182 valence electrons. The van der Waals surface area contributed by atoms with Crippen LogP contribution in [0.2, 0.25) is 0 Å². The Labute approximate surface area is 199 Å². The number of amides is 1. The van der Waals surface area contributed by atoms with Crippen LogP contribution in [0.1, 0.15) is 41.5 Å². The number of aryl methyl sites for hydroxylation is 2. The molecule has 5 nitrogen and oxygen atoms in total. The molecule has 4 rings (SSSR count). The summed E-state index contributed by atoms with van der Waals surface area (Å²) < 4.78 is 53.1. The Kier molecular flexibility index (Phi) is 7.85. The van der Waals surface area contributed by atoms with Crippen LogP contribution in [-0.4, -0.2) is 41.0 Å². The number of benzene rings is 2. The summed E-state index contributed by atoms with van der Waals surface area (Å²) in [6.07, 6.45) is 1.22. The lowest BCUT2D eigenvalue weighted by Gasteiger charge is -2.31. The maximum atomic E-state index is 12.3. The average molecular weight is 493 g/mol. The van der Waals surface area contributed by atoms with Crippen LogP contribution in [0.25, 0.3) is 5.57 Å². The first kappa shape index (κ1) is 24.6. The third-order valence-corrected chi connectivity index (χ3v) is 7.01. The average Bonchev–Trinajstić information content (AvgIpc) is 2.95. The number of likely N-dealkylation sites (tertiary alicyclic amines) is 1. The number of carbonyl (C=O) groups is 1. The van der Waals surface area contributed by atoms with Crippen molar-refractivity contribution in [3.05, 3.63) is 76.9 Å². The number of nitrogens with one attached hydrogen (secondary N) is 1. The van der Waals surface area contributed by atoms with Crippen LogP contribution >= 0.6 is 0 Å². The number of fused-ring (bicyclic) bond motifs is 2. The van der Waals surface area contributed by atoms with Crippen LogP contribution in [0.3, 0.4) is 0 Å². The fourth-order valence-electron chi connectivity index (χ4n) is 4.77. The molecule has 2 unspecified atom stereocenters. The predicted octanol–water partition coefficient (Wildman–Crippen LogP) is 4.55. The Bertz CT molecular complexity index is 1040. The van der Waals surface area contributed by atoms with Crippen molar-refractivity contribution in [2.75, 3.05) is 19.6 Å². The first-order valence-corrected chi connectivity index (χ1v) is 12.5. The second-order valence-corrected chi connectivity index (χ2v) is 9.43. The number of piperidine rings is 1. The van der Waals surface area contributed by atoms with E-state index in [-0.39, 0.29) is 0 Å². The van der Waals surface area contributed by atoms with E-state index < -0.39 is 29.5 Å². The molecule has 0 bridgehead atoms. The van der Waals surface area contributed by atoms with Gasteiger partial charge < -0.3 is 4.90 Å². The highest BCUT2D eigenvalue weighted by Gasteiger charge is 2.35. The third-order valence-electron chi connectivity index (χ3n) is 6.30. The number of halogens is 3. The highest BCUT2D eigenvalue weighted by Crippen LogP contribution is 2.33. The van der Waals surface area contributed by atoms with Crippen molar-refractivity contribution in [2.24, 2.45) is 5.92 Å². The highest BCUT2D eigenvalue weighted by atomic mass is 32.2. The molecule has 2 aromatic carbocycles. The van der Waals surface area contributed by atoms with E-state index in [1.54, 1.807) is 0 Å². The monoisotopic (exact) mass is 492 g/mol. The summed E-state index contributed by atoms with van der Waals surface area (Å²) in [4.78, 5) is 14.4. The molecule has 1 heterocycles. The molecule has 0 spiro atoms. The van der Waals surface area contributed by atoms with E-state index in [1.165, 1.54) is 27.8 Å². The zero-order valence-electron chi connectivity index (χ0n) is 18.6. The molecule has 1 fully saturated rings. The zero-order valence-corrected chi connectivity index (χ0v) is 19.5. The molecule has 1 aliphatic carbocycles. The molecule has 34 heavy (non-hydrogen) atoms. The largest absolute Gasteiger partial charge is 0.536 e. The van der Waals surface area contributed by atoms with Gasteiger partial charge in [-0.15, -0.1) is 13.2 Å². The van der Waals surface area contributed by atoms with Crippen LogP contribution < -0.4 is 4.72 Å². The van der Waals surface area contributed by atoms with Crippen LogP contribution in [0.15, 0.2) is 54.6 Å². The van der Waals surface area contributed by atoms with Crippen LogP contribution in [-0.2, 0) is 33.1 Å². The number of nitrogens with zero attached hydrogens (tertiary/aromatic N) is 1. The van der Waals surface area contributed by atoms with Gasteiger partial charge in [-0.2, -0.15) is 4.18 Å². The normalized spacial score (nSPS) is 19.5. The molecule has 2 aromatic rings. The molecule has 1 amide bonds. The number of hydrogen-bond donors (Lipinski definition) is 1. The van der Waals surface area contributed by atoms with Crippen molar-refractivity contribution in [1.82, 2.24) is 9.62 Å². The molecule has 1 aliphatic heterocycles. The van der Waals surface area contributed by atoms with E-state index in [4.69, 9.17) is 0 Å². The molecule has 2 aliphatic rings. The summed E-state index contributed by atoms with van der Waals surface area (Å²) in [5, 5.41) is 0. The van der Waals surface area contributed by atoms with Crippen LogP contribution in [0.5, 0.6) is 0 Å². The van der Waals surface area contributed by atoms with Crippen molar-refractivity contribution < 1.29 is 26.4 Å². The smallest absolute Gasteiger partial charge is 0.302 e. The second-order valence-electron chi connectivity index (χ2n) is 8.59. The molecule has 2 atom stereocenters. The number of hydrogen-bond acceptors (Lipinski definition) is 4. The van der Waals surface area contributed by atoms with Gasteiger partial charge >= 0.3 is 6.36 Å². The third kappa shape index (κ3) is 6.34. The summed E-state index contributed by atoms with van der Waals surface area (Å²) >= 11 is -2.94. The van der Waals surface area contributed by atoms with Gasteiger partial charge in [0.15, 0.2) is 0 Å². The van der Waals surface area contributed by atoms with Gasteiger partial charge in [0.1, 0.15) is 0 Å². The van der Waals surface area contributed by atoms with E-state index in [2.05, 4.69) is 63.7 Å². The lowest BCUT2D eigenvalue weighted by Crippen LogP contribution is -2.44. The van der Waals surface area contributed by atoms with Crippen LogP contribution in [0.4, 0.5) is 13.2 Å². The molecule has 9 heteroatoms. The lowest BCUT2D eigenvalue weighted by molar-refractivity contribution is -0.270. The maximum Gasteiger partial charge on any atom is 0.536 e. The molecule has 1 saturated heterocycles. The summed E-state index contributed by atoms with van der Waals surface area (Å²) in [5.74, 6) is -1.21. The fourth-order valence-corrected chi connectivity index (χ4v) is 5.32.